The number of carbonyl (C=O) groups is 1. The van der Waals surface area contributed by atoms with Gasteiger partial charge in [-0.25, -0.2) is 9.78 Å². The number of anilines is 1. The molecule has 0 saturated carbocycles. The number of hydrogen-bond donors (Lipinski definition) is 1. The van der Waals surface area contributed by atoms with Crippen LogP contribution in [0.25, 0.3) is 0 Å². The van der Waals surface area contributed by atoms with Crippen LogP contribution in [0.3, 0.4) is 0 Å². The van der Waals surface area contributed by atoms with Crippen molar-refractivity contribution in [1.82, 2.24) is 9.55 Å². The number of aromatic nitrogens is 2. The van der Waals surface area contributed by atoms with Crippen molar-refractivity contribution in [1.29, 1.82) is 0 Å². The number of imidazole rings is 1. The average Bonchev–Trinajstić information content (AvgIpc) is 2.69. The summed E-state index contributed by atoms with van der Waals surface area (Å²) in [6, 6.07) is 0.316. The van der Waals surface area contributed by atoms with Gasteiger partial charge in [0.25, 0.3) is 0 Å². The van der Waals surface area contributed by atoms with Crippen LogP contribution in [0.1, 0.15) is 68.3 Å². The van der Waals surface area contributed by atoms with Crippen LogP contribution in [-0.2, 0) is 4.74 Å². The lowest BCUT2D eigenvalue weighted by molar-refractivity contribution is 0.0595. The highest BCUT2D eigenvalue weighted by Crippen LogP contribution is 2.28. The number of carbonyl (C=O) groups excluding carboxylic acids is 1. The molecule has 0 aliphatic carbocycles. The SMILES string of the molecule is CCCCC(CCC)n1c(C)nc(C(=O)OC)c1N. The Labute approximate surface area is 115 Å². The minimum atomic E-state index is -0.468. The third-order valence-corrected chi connectivity index (χ3v) is 3.38. The zero-order valence-electron chi connectivity index (χ0n) is 12.4. The van der Waals surface area contributed by atoms with Gasteiger partial charge in [-0.15, -0.1) is 0 Å². The van der Waals surface area contributed by atoms with E-state index < -0.39 is 5.97 Å². The smallest absolute Gasteiger partial charge is 0.360 e. The quantitative estimate of drug-likeness (QED) is 0.771. The van der Waals surface area contributed by atoms with Crippen LogP contribution in [0.5, 0.6) is 0 Å². The number of aryl methyl sites for hydroxylation is 1. The number of methoxy groups -OCH3 is 1. The van der Waals surface area contributed by atoms with Crippen molar-refractivity contribution in [2.45, 2.75) is 58.9 Å². The van der Waals surface area contributed by atoms with E-state index in [9.17, 15) is 4.79 Å². The summed E-state index contributed by atoms with van der Waals surface area (Å²) in [7, 11) is 1.34. The number of nitrogens with zero attached hydrogens (tertiary/aromatic N) is 2. The van der Waals surface area contributed by atoms with Crippen molar-refractivity contribution in [2.75, 3.05) is 12.8 Å². The Kier molecular flexibility index (Phi) is 5.86. The van der Waals surface area contributed by atoms with E-state index in [-0.39, 0.29) is 5.69 Å². The van der Waals surface area contributed by atoms with Crippen LogP contribution in [0.15, 0.2) is 0 Å². The second-order valence-corrected chi connectivity index (χ2v) is 4.84. The fourth-order valence-electron chi connectivity index (χ4n) is 2.44. The van der Waals surface area contributed by atoms with Crippen molar-refractivity contribution in [3.8, 4) is 0 Å². The monoisotopic (exact) mass is 267 g/mol. The van der Waals surface area contributed by atoms with Crippen LogP contribution < -0.4 is 5.73 Å². The maximum atomic E-state index is 11.6. The summed E-state index contributed by atoms with van der Waals surface area (Å²) in [6.45, 7) is 6.22. The van der Waals surface area contributed by atoms with Crippen LogP contribution in [0.4, 0.5) is 5.82 Å². The highest BCUT2D eigenvalue weighted by atomic mass is 16.5. The Balaban J connectivity index is 3.08. The molecule has 1 aromatic rings. The minimum absolute atomic E-state index is 0.234. The Bertz CT molecular complexity index is 427. The number of nitrogens with two attached hydrogens (primary N) is 1. The van der Waals surface area contributed by atoms with Gasteiger partial charge in [-0.1, -0.05) is 33.1 Å². The second kappa shape index (κ2) is 7.16. The van der Waals surface area contributed by atoms with E-state index in [1.807, 2.05) is 11.5 Å². The Morgan fingerprint density at radius 2 is 2.05 bits per heavy atom. The molecule has 2 N–H and O–H groups in total. The molecule has 0 radical (unpaired) electrons. The number of nitrogen functional groups attached to an aromatic ring is 1. The highest BCUT2D eigenvalue weighted by Gasteiger charge is 2.23. The topological polar surface area (TPSA) is 70.1 Å². The van der Waals surface area contributed by atoms with Crippen molar-refractivity contribution in [3.05, 3.63) is 11.5 Å². The summed E-state index contributed by atoms with van der Waals surface area (Å²) in [5, 5.41) is 0. The number of esters is 1. The summed E-state index contributed by atoms with van der Waals surface area (Å²) >= 11 is 0. The average molecular weight is 267 g/mol. The van der Waals surface area contributed by atoms with Gasteiger partial charge in [0.15, 0.2) is 5.69 Å². The lowest BCUT2D eigenvalue weighted by Gasteiger charge is -2.20. The van der Waals surface area contributed by atoms with Crippen molar-refractivity contribution >= 4 is 11.8 Å². The van der Waals surface area contributed by atoms with E-state index in [0.29, 0.717) is 11.9 Å². The van der Waals surface area contributed by atoms with Gasteiger partial charge >= 0.3 is 5.97 Å². The largest absolute Gasteiger partial charge is 0.464 e. The molecule has 1 rings (SSSR count). The maximum absolute atomic E-state index is 11.6. The molecule has 0 fully saturated rings. The zero-order valence-corrected chi connectivity index (χ0v) is 12.4. The molecule has 0 bridgehead atoms. The van der Waals surface area contributed by atoms with Gasteiger partial charge in [-0.3, -0.25) is 0 Å². The molecule has 0 aromatic carbocycles. The van der Waals surface area contributed by atoms with E-state index in [2.05, 4.69) is 18.8 Å². The van der Waals surface area contributed by atoms with Gasteiger partial charge in [0.05, 0.1) is 7.11 Å². The molecule has 1 atom stereocenters. The van der Waals surface area contributed by atoms with E-state index >= 15 is 0 Å². The summed E-state index contributed by atoms with van der Waals surface area (Å²) < 4.78 is 6.70. The lowest BCUT2D eigenvalue weighted by Crippen LogP contribution is -2.14. The Hall–Kier alpha value is -1.52. The first-order valence-corrected chi connectivity index (χ1v) is 6.99. The maximum Gasteiger partial charge on any atom is 0.360 e. The Morgan fingerprint density at radius 3 is 2.58 bits per heavy atom. The van der Waals surface area contributed by atoms with Crippen molar-refractivity contribution < 1.29 is 9.53 Å². The fourth-order valence-corrected chi connectivity index (χ4v) is 2.44. The lowest BCUT2D eigenvalue weighted by atomic mass is 10.0. The normalized spacial score (nSPS) is 12.4. The summed E-state index contributed by atoms with van der Waals surface area (Å²) in [5.74, 6) is 0.747. The molecule has 1 aromatic heterocycles. The van der Waals surface area contributed by atoms with Gasteiger partial charge in [-0.05, 0) is 19.8 Å². The molecular weight excluding hydrogens is 242 g/mol. The third kappa shape index (κ3) is 3.49. The van der Waals surface area contributed by atoms with Crippen LogP contribution >= 0.6 is 0 Å². The van der Waals surface area contributed by atoms with Crippen molar-refractivity contribution in [3.63, 3.8) is 0 Å². The molecular formula is C14H25N3O2. The van der Waals surface area contributed by atoms with Crippen LogP contribution in [0, 0.1) is 6.92 Å². The third-order valence-electron chi connectivity index (χ3n) is 3.38. The molecule has 5 heteroatoms. The molecule has 1 unspecified atom stereocenters. The molecule has 0 aliphatic rings. The summed E-state index contributed by atoms with van der Waals surface area (Å²) in [4.78, 5) is 15.9. The number of ether oxygens (including phenoxy) is 1. The Morgan fingerprint density at radius 1 is 1.37 bits per heavy atom. The van der Waals surface area contributed by atoms with Gasteiger partial charge in [0.1, 0.15) is 11.6 Å². The van der Waals surface area contributed by atoms with Crippen LogP contribution in [-0.4, -0.2) is 22.6 Å². The van der Waals surface area contributed by atoms with Crippen LogP contribution in [0.2, 0.25) is 0 Å². The van der Waals surface area contributed by atoms with E-state index in [4.69, 9.17) is 10.5 Å². The number of rotatable bonds is 7. The van der Waals surface area contributed by atoms with E-state index in [1.165, 1.54) is 7.11 Å². The number of unbranched alkanes of at least 4 members (excludes halogenated alkanes) is 1. The van der Waals surface area contributed by atoms with E-state index in [1.54, 1.807) is 0 Å². The predicted octanol–water partition coefficient (Wildman–Crippen LogP) is 3.09. The summed E-state index contributed by atoms with van der Waals surface area (Å²) in [6.07, 6.45) is 5.49. The second-order valence-electron chi connectivity index (χ2n) is 4.84. The first kappa shape index (κ1) is 15.5. The first-order chi connectivity index (χ1) is 9.06. The molecule has 0 amide bonds. The molecule has 1 heterocycles. The van der Waals surface area contributed by atoms with Gasteiger partial charge < -0.3 is 15.0 Å². The number of hydrogen-bond acceptors (Lipinski definition) is 4. The fraction of sp³-hybridized carbons (Fsp3) is 0.714. The van der Waals surface area contributed by atoms with Gasteiger partial charge in [0.2, 0.25) is 0 Å². The van der Waals surface area contributed by atoms with Crippen molar-refractivity contribution in [2.24, 2.45) is 0 Å². The van der Waals surface area contributed by atoms with E-state index in [0.717, 1.165) is 37.9 Å². The summed E-state index contributed by atoms with van der Waals surface area (Å²) in [5.41, 5.74) is 6.32. The molecule has 0 spiro atoms. The molecule has 19 heavy (non-hydrogen) atoms. The molecule has 0 aliphatic heterocycles. The molecule has 0 saturated heterocycles. The first-order valence-electron chi connectivity index (χ1n) is 6.99. The zero-order chi connectivity index (χ0) is 14.4. The predicted molar refractivity (Wildman–Crippen MR) is 76.2 cm³/mol. The molecule has 5 nitrogen and oxygen atoms in total. The minimum Gasteiger partial charge on any atom is -0.464 e. The molecule has 108 valence electrons. The van der Waals surface area contributed by atoms with Gasteiger partial charge in [-0.2, -0.15) is 0 Å². The van der Waals surface area contributed by atoms with Gasteiger partial charge in [0, 0.05) is 6.04 Å². The highest BCUT2D eigenvalue weighted by molar-refractivity contribution is 5.92. The standard InChI is InChI=1S/C14H25N3O2/c1-5-7-9-11(8-6-2)17-10(3)16-12(13(17)15)14(18)19-4/h11H,5-9,15H2,1-4H3.